The van der Waals surface area contributed by atoms with Crippen LogP contribution in [0.4, 0.5) is 0 Å². The van der Waals surface area contributed by atoms with E-state index in [0.29, 0.717) is 5.56 Å². The molecule has 174 valence electrons. The summed E-state index contributed by atoms with van der Waals surface area (Å²) in [4.78, 5) is 36.7. The van der Waals surface area contributed by atoms with E-state index in [0.717, 1.165) is 5.56 Å². The quantitative estimate of drug-likeness (QED) is 0.272. The van der Waals surface area contributed by atoms with Crippen LogP contribution in [0.5, 0.6) is 0 Å². The van der Waals surface area contributed by atoms with E-state index in [-0.39, 0.29) is 39.0 Å². The van der Waals surface area contributed by atoms with Gasteiger partial charge < -0.3 is 23.8 Å². The summed E-state index contributed by atoms with van der Waals surface area (Å²) >= 11 is 0. The summed E-state index contributed by atoms with van der Waals surface area (Å²) in [5.74, 6) is -2.31. The lowest BCUT2D eigenvalue weighted by Crippen LogP contribution is -2.60. The van der Waals surface area contributed by atoms with Crippen molar-refractivity contribution in [3.63, 3.8) is 0 Å². The van der Waals surface area contributed by atoms with Gasteiger partial charge in [-0.1, -0.05) is 31.2 Å². The Balaban J connectivity index is 2.88. The SMILES string of the molecule is CCOC(=O)C(CC)(NC(C)=O)C(=O)OCc1ccc(CP(=O)(OCC)OCC)cc1. The van der Waals surface area contributed by atoms with Crippen molar-refractivity contribution >= 4 is 25.4 Å². The summed E-state index contributed by atoms with van der Waals surface area (Å²) < 4.78 is 33.5. The van der Waals surface area contributed by atoms with Crippen LogP contribution in [0.1, 0.15) is 52.2 Å². The van der Waals surface area contributed by atoms with Crippen LogP contribution >= 0.6 is 7.60 Å². The predicted octanol–water partition coefficient (Wildman–Crippen LogP) is 3.34. The fourth-order valence-corrected chi connectivity index (χ4v) is 4.58. The lowest BCUT2D eigenvalue weighted by molar-refractivity contribution is -0.169. The van der Waals surface area contributed by atoms with Crippen LogP contribution in [0.2, 0.25) is 0 Å². The molecule has 0 aliphatic heterocycles. The highest BCUT2D eigenvalue weighted by Crippen LogP contribution is 2.51. The van der Waals surface area contributed by atoms with Crippen molar-refractivity contribution in [1.82, 2.24) is 5.32 Å². The van der Waals surface area contributed by atoms with E-state index in [1.807, 2.05) is 0 Å². The van der Waals surface area contributed by atoms with Gasteiger partial charge in [0.25, 0.3) is 0 Å². The van der Waals surface area contributed by atoms with Crippen molar-refractivity contribution in [3.8, 4) is 0 Å². The van der Waals surface area contributed by atoms with Crippen LogP contribution in [0, 0.1) is 0 Å². The van der Waals surface area contributed by atoms with E-state index in [9.17, 15) is 18.9 Å². The van der Waals surface area contributed by atoms with Gasteiger partial charge >= 0.3 is 19.5 Å². The number of hydrogen-bond donors (Lipinski definition) is 1. The Morgan fingerprint density at radius 1 is 0.871 bits per heavy atom. The number of ether oxygens (including phenoxy) is 2. The molecular weight excluding hydrogens is 425 g/mol. The average molecular weight is 457 g/mol. The highest BCUT2D eigenvalue weighted by Gasteiger charge is 2.48. The number of carbonyl (C=O) groups excluding carboxylic acids is 3. The second-order valence-electron chi connectivity index (χ2n) is 6.66. The second kappa shape index (κ2) is 12.6. The van der Waals surface area contributed by atoms with Crippen molar-refractivity contribution in [1.29, 1.82) is 0 Å². The van der Waals surface area contributed by atoms with Crippen molar-refractivity contribution < 1.29 is 37.5 Å². The van der Waals surface area contributed by atoms with Gasteiger partial charge in [-0.3, -0.25) is 9.36 Å². The lowest BCUT2D eigenvalue weighted by Gasteiger charge is -2.28. The van der Waals surface area contributed by atoms with Gasteiger partial charge in [-0.05, 0) is 38.3 Å². The van der Waals surface area contributed by atoms with Crippen LogP contribution in [-0.2, 0) is 50.2 Å². The molecule has 0 saturated carbocycles. The molecule has 9 nitrogen and oxygen atoms in total. The zero-order valence-corrected chi connectivity index (χ0v) is 19.7. The molecule has 1 unspecified atom stereocenters. The van der Waals surface area contributed by atoms with E-state index < -0.39 is 31.0 Å². The first kappa shape index (κ1) is 26.8. The Labute approximate surface area is 183 Å². The largest absolute Gasteiger partial charge is 0.464 e. The molecule has 10 heteroatoms. The first-order valence-corrected chi connectivity index (χ1v) is 12.0. The molecule has 31 heavy (non-hydrogen) atoms. The molecule has 1 amide bonds. The van der Waals surface area contributed by atoms with Gasteiger partial charge in [-0.25, -0.2) is 9.59 Å². The van der Waals surface area contributed by atoms with Crippen molar-refractivity contribution in [3.05, 3.63) is 35.4 Å². The third-order valence-corrected chi connectivity index (χ3v) is 6.37. The molecule has 0 radical (unpaired) electrons. The standard InChI is InChI=1S/C21H32NO8P/c1-6-21(22-16(5)23,19(24)27-7-2)20(25)28-14-17-10-12-18(13-11-17)15-31(26,29-8-3)30-9-4/h10-13H,6-9,14-15H2,1-5H3,(H,22,23). The summed E-state index contributed by atoms with van der Waals surface area (Å²) in [5.41, 5.74) is -0.506. The maximum atomic E-state index is 12.7. The molecule has 0 spiro atoms. The zero-order valence-electron chi connectivity index (χ0n) is 18.8. The van der Waals surface area contributed by atoms with Gasteiger partial charge in [0.1, 0.15) is 6.61 Å². The van der Waals surface area contributed by atoms with Gasteiger partial charge in [0.05, 0.1) is 26.0 Å². The number of amides is 1. The molecule has 0 aliphatic rings. The second-order valence-corrected chi connectivity index (χ2v) is 8.71. The third-order valence-electron chi connectivity index (χ3n) is 4.31. The van der Waals surface area contributed by atoms with E-state index in [4.69, 9.17) is 18.5 Å². The van der Waals surface area contributed by atoms with Crippen LogP contribution in [0.25, 0.3) is 0 Å². The van der Waals surface area contributed by atoms with Crippen LogP contribution in [0.3, 0.4) is 0 Å². The fraction of sp³-hybridized carbons (Fsp3) is 0.571. The average Bonchev–Trinajstić information content (AvgIpc) is 2.71. The lowest BCUT2D eigenvalue weighted by atomic mass is 9.96. The summed E-state index contributed by atoms with van der Waals surface area (Å²) in [6, 6.07) is 6.89. The molecule has 0 saturated heterocycles. The van der Waals surface area contributed by atoms with E-state index in [2.05, 4.69) is 5.32 Å². The zero-order chi connectivity index (χ0) is 23.5. The number of carbonyl (C=O) groups is 3. The molecule has 0 heterocycles. The molecule has 1 atom stereocenters. The smallest absolute Gasteiger partial charge is 0.344 e. The Hall–Kier alpha value is -2.22. The Kier molecular flexibility index (Phi) is 10.9. The normalized spacial score (nSPS) is 13.2. The first-order valence-electron chi connectivity index (χ1n) is 10.2. The molecule has 0 bridgehead atoms. The molecule has 1 aromatic rings. The molecular formula is C21H32NO8P. The molecule has 1 aromatic carbocycles. The van der Waals surface area contributed by atoms with Crippen LogP contribution in [0.15, 0.2) is 24.3 Å². The molecule has 0 aromatic heterocycles. The summed E-state index contributed by atoms with van der Waals surface area (Å²) in [6.45, 7) is 8.38. The van der Waals surface area contributed by atoms with Gasteiger partial charge in [-0.2, -0.15) is 0 Å². The highest BCUT2D eigenvalue weighted by atomic mass is 31.2. The maximum absolute atomic E-state index is 12.7. The van der Waals surface area contributed by atoms with Crippen molar-refractivity contribution in [2.24, 2.45) is 0 Å². The predicted molar refractivity (Wildman–Crippen MR) is 114 cm³/mol. The van der Waals surface area contributed by atoms with Crippen LogP contribution < -0.4 is 5.32 Å². The minimum Gasteiger partial charge on any atom is -0.464 e. The van der Waals surface area contributed by atoms with Gasteiger partial charge in [0.15, 0.2) is 0 Å². The number of nitrogens with one attached hydrogen (secondary N) is 1. The number of hydrogen-bond acceptors (Lipinski definition) is 8. The van der Waals surface area contributed by atoms with E-state index >= 15 is 0 Å². The minimum absolute atomic E-state index is 0.0205. The Morgan fingerprint density at radius 2 is 1.39 bits per heavy atom. The van der Waals surface area contributed by atoms with Gasteiger partial charge in [-0.15, -0.1) is 0 Å². The number of benzene rings is 1. The summed E-state index contributed by atoms with van der Waals surface area (Å²) in [5, 5.41) is 2.38. The summed E-state index contributed by atoms with van der Waals surface area (Å²) in [7, 11) is -3.22. The Morgan fingerprint density at radius 3 is 1.84 bits per heavy atom. The molecule has 1 N–H and O–H groups in total. The number of esters is 2. The van der Waals surface area contributed by atoms with E-state index in [1.54, 1.807) is 52.0 Å². The molecule has 1 rings (SSSR count). The number of rotatable bonds is 13. The highest BCUT2D eigenvalue weighted by molar-refractivity contribution is 7.53. The topological polar surface area (TPSA) is 117 Å². The molecule has 0 fully saturated rings. The third kappa shape index (κ3) is 7.76. The van der Waals surface area contributed by atoms with Gasteiger partial charge in [0.2, 0.25) is 11.4 Å². The maximum Gasteiger partial charge on any atom is 0.344 e. The minimum atomic E-state index is -3.22. The van der Waals surface area contributed by atoms with Crippen molar-refractivity contribution in [2.75, 3.05) is 19.8 Å². The van der Waals surface area contributed by atoms with Gasteiger partial charge in [0, 0.05) is 6.92 Å². The van der Waals surface area contributed by atoms with Crippen molar-refractivity contribution in [2.45, 2.75) is 59.3 Å². The van der Waals surface area contributed by atoms with Crippen LogP contribution in [-0.4, -0.2) is 43.2 Å². The summed E-state index contributed by atoms with van der Waals surface area (Å²) in [6.07, 6.45) is 0.104. The molecule has 0 aliphatic carbocycles. The fourth-order valence-electron chi connectivity index (χ4n) is 2.88. The first-order chi connectivity index (χ1) is 14.7. The van der Waals surface area contributed by atoms with E-state index in [1.165, 1.54) is 6.92 Å². The monoisotopic (exact) mass is 457 g/mol. The Bertz CT molecular complexity index is 785.